The quantitative estimate of drug-likeness (QED) is 0.582. The Morgan fingerprint density at radius 3 is 2.83 bits per heavy atom. The summed E-state index contributed by atoms with van der Waals surface area (Å²) in [5.41, 5.74) is 3.12. The normalized spacial score (nSPS) is 21.9. The van der Waals surface area contributed by atoms with Crippen LogP contribution in [0.4, 0.5) is 4.39 Å². The molecule has 1 aromatic carbocycles. The number of aryl methyl sites for hydroxylation is 1. The number of β-amino-alcohol motifs (C(OH)–C–C–N with tert-alkyl or cyclic N) is 1. The topological polar surface area (TPSA) is 116 Å². The van der Waals surface area contributed by atoms with Gasteiger partial charge in [-0.2, -0.15) is 9.94 Å². The van der Waals surface area contributed by atoms with Gasteiger partial charge < -0.3 is 9.84 Å². The molecule has 2 saturated heterocycles. The van der Waals surface area contributed by atoms with Crippen LogP contribution in [0.3, 0.4) is 0 Å². The van der Waals surface area contributed by atoms with Gasteiger partial charge >= 0.3 is 0 Å². The van der Waals surface area contributed by atoms with Crippen molar-refractivity contribution in [3.8, 4) is 11.9 Å². The van der Waals surface area contributed by atoms with Crippen LogP contribution in [0.15, 0.2) is 30.6 Å². The summed E-state index contributed by atoms with van der Waals surface area (Å²) in [4.78, 5) is 9.17. The Morgan fingerprint density at radius 2 is 2.09 bits per heavy atom. The number of aliphatic hydroxyl groups is 1. The molecule has 182 valence electrons. The fraction of sp³-hybridized carbons (Fsp3) is 0.458. The number of halogens is 1. The molecule has 0 saturated carbocycles. The molecule has 3 aromatic rings. The first kappa shape index (κ1) is 23.4. The first-order valence-electron chi connectivity index (χ1n) is 11.6. The van der Waals surface area contributed by atoms with Crippen LogP contribution in [0.2, 0.25) is 0 Å². The van der Waals surface area contributed by atoms with E-state index in [1.165, 1.54) is 17.1 Å². The Bertz CT molecular complexity index is 1250. The minimum absolute atomic E-state index is 0.0859. The molecule has 0 spiro atoms. The Morgan fingerprint density at radius 1 is 1.23 bits per heavy atom. The Labute approximate surface area is 202 Å². The molecule has 35 heavy (non-hydrogen) atoms. The molecule has 2 aliphatic heterocycles. The molecule has 0 amide bonds. The van der Waals surface area contributed by atoms with Gasteiger partial charge in [-0.25, -0.2) is 9.37 Å². The van der Waals surface area contributed by atoms with Gasteiger partial charge in [0.25, 0.3) is 0 Å². The zero-order chi connectivity index (χ0) is 24.5. The monoisotopic (exact) mass is 478 g/mol. The van der Waals surface area contributed by atoms with Gasteiger partial charge in [0.15, 0.2) is 5.82 Å². The molecule has 0 bridgehead atoms. The number of pyridine rings is 1. The van der Waals surface area contributed by atoms with Crippen molar-refractivity contribution < 1.29 is 14.2 Å². The number of tetrazole rings is 1. The number of hydrogen-bond acceptors (Lipinski definition) is 9. The van der Waals surface area contributed by atoms with Crippen molar-refractivity contribution in [2.75, 3.05) is 39.3 Å². The first-order valence-corrected chi connectivity index (χ1v) is 11.6. The van der Waals surface area contributed by atoms with Gasteiger partial charge in [-0.15, -0.1) is 5.10 Å². The molecule has 2 aliphatic rings. The van der Waals surface area contributed by atoms with E-state index >= 15 is 0 Å². The van der Waals surface area contributed by atoms with Crippen LogP contribution >= 0.6 is 0 Å². The van der Waals surface area contributed by atoms with Gasteiger partial charge in [0.1, 0.15) is 18.2 Å². The van der Waals surface area contributed by atoms with Crippen LogP contribution in [-0.4, -0.2) is 85.5 Å². The third-order valence-corrected chi connectivity index (χ3v) is 6.98. The molecule has 3 atom stereocenters. The fourth-order valence-electron chi connectivity index (χ4n) is 5.03. The lowest BCUT2D eigenvalue weighted by atomic mass is 9.96. The van der Waals surface area contributed by atoms with Crippen LogP contribution in [0.5, 0.6) is 0 Å². The average Bonchev–Trinajstić information content (AvgIpc) is 3.39. The van der Waals surface area contributed by atoms with E-state index in [9.17, 15) is 14.8 Å². The molecule has 2 fully saturated rings. The number of hydrogen-bond donors (Lipinski definition) is 1. The number of aliphatic hydroxyl groups excluding tert-OH is 1. The molecule has 1 N–H and O–H groups in total. The van der Waals surface area contributed by atoms with Crippen LogP contribution in [0.25, 0.3) is 5.82 Å². The van der Waals surface area contributed by atoms with Crippen LogP contribution in [0.1, 0.15) is 40.2 Å². The number of nitriles is 1. The number of rotatable bonds is 5. The van der Waals surface area contributed by atoms with Crippen molar-refractivity contribution >= 4 is 0 Å². The summed E-state index contributed by atoms with van der Waals surface area (Å²) < 4.78 is 21.6. The van der Waals surface area contributed by atoms with Crippen molar-refractivity contribution in [2.45, 2.75) is 32.1 Å². The number of benzene rings is 1. The highest BCUT2D eigenvalue weighted by Crippen LogP contribution is 2.31. The zero-order valence-electron chi connectivity index (χ0n) is 19.7. The van der Waals surface area contributed by atoms with Gasteiger partial charge in [0, 0.05) is 50.0 Å². The molecule has 10 nitrogen and oxygen atoms in total. The van der Waals surface area contributed by atoms with Crippen molar-refractivity contribution in [3.63, 3.8) is 0 Å². The standard InChI is InChI=1S/C24H27FN8O2/c1-15-18(3-5-21(25)20(15)9-26)23-12-32-8-7-31(10-17(32)13-35-23)11-22(34)19-4-6-24(28-16(19)2)33-14-27-29-30-33/h3-6,14,17,22-23,34H,7-8,10-13H2,1-2H3/t17-,22?,23-/m0/s1. The lowest BCUT2D eigenvalue weighted by Crippen LogP contribution is -2.58. The van der Waals surface area contributed by atoms with Crippen LogP contribution < -0.4 is 0 Å². The minimum atomic E-state index is -0.666. The predicted molar refractivity (Wildman–Crippen MR) is 123 cm³/mol. The van der Waals surface area contributed by atoms with Gasteiger partial charge in [0.05, 0.1) is 24.4 Å². The van der Waals surface area contributed by atoms with Gasteiger partial charge in [-0.05, 0) is 47.5 Å². The lowest BCUT2D eigenvalue weighted by molar-refractivity contribution is -0.0939. The van der Waals surface area contributed by atoms with Gasteiger partial charge in [-0.1, -0.05) is 12.1 Å². The SMILES string of the molecule is Cc1nc(-n2cnnn2)ccc1C(O)CN1CCN2C[C@@H](c3ccc(F)c(C#N)c3C)OC[C@@H]2C1. The maximum atomic E-state index is 13.9. The Balaban J connectivity index is 1.20. The molecule has 11 heteroatoms. The van der Waals surface area contributed by atoms with E-state index in [4.69, 9.17) is 4.74 Å². The molecular weight excluding hydrogens is 451 g/mol. The average molecular weight is 479 g/mol. The first-order chi connectivity index (χ1) is 16.9. The predicted octanol–water partition coefficient (Wildman–Crippen LogP) is 1.48. The van der Waals surface area contributed by atoms with E-state index in [1.807, 2.05) is 19.1 Å². The minimum Gasteiger partial charge on any atom is -0.387 e. The molecule has 0 radical (unpaired) electrons. The molecule has 2 aromatic heterocycles. The summed E-state index contributed by atoms with van der Waals surface area (Å²) in [6.07, 6.45) is 0.623. The van der Waals surface area contributed by atoms with E-state index in [0.717, 1.165) is 36.5 Å². The van der Waals surface area contributed by atoms with Crippen molar-refractivity contribution in [3.05, 3.63) is 64.4 Å². The van der Waals surface area contributed by atoms with E-state index in [0.29, 0.717) is 31.1 Å². The maximum absolute atomic E-state index is 13.9. The Kier molecular flexibility index (Phi) is 6.53. The number of ether oxygens (including phenoxy) is 1. The van der Waals surface area contributed by atoms with Gasteiger partial charge in [0.2, 0.25) is 0 Å². The number of fused-ring (bicyclic) bond motifs is 1. The smallest absolute Gasteiger partial charge is 0.157 e. The second kappa shape index (κ2) is 9.75. The third-order valence-electron chi connectivity index (χ3n) is 6.98. The van der Waals surface area contributed by atoms with Crippen LogP contribution in [-0.2, 0) is 4.74 Å². The largest absolute Gasteiger partial charge is 0.387 e. The summed E-state index contributed by atoms with van der Waals surface area (Å²) in [5.74, 6) is 0.106. The molecule has 0 aliphatic carbocycles. The Hall–Kier alpha value is -3.30. The number of piperazine rings is 1. The summed E-state index contributed by atoms with van der Waals surface area (Å²) in [6, 6.07) is 8.92. The summed E-state index contributed by atoms with van der Waals surface area (Å²) in [7, 11) is 0. The summed E-state index contributed by atoms with van der Waals surface area (Å²) in [5, 5.41) is 31.3. The number of morpholine rings is 1. The molecule has 5 rings (SSSR count). The van der Waals surface area contributed by atoms with Crippen LogP contribution in [0, 0.1) is 31.0 Å². The zero-order valence-corrected chi connectivity index (χ0v) is 19.7. The molecule has 1 unspecified atom stereocenters. The maximum Gasteiger partial charge on any atom is 0.157 e. The van der Waals surface area contributed by atoms with Gasteiger partial charge in [-0.3, -0.25) is 9.80 Å². The fourth-order valence-corrected chi connectivity index (χ4v) is 5.03. The van der Waals surface area contributed by atoms with E-state index in [1.54, 1.807) is 19.1 Å². The second-order valence-electron chi connectivity index (χ2n) is 9.09. The summed E-state index contributed by atoms with van der Waals surface area (Å²) in [6.45, 7) is 7.83. The third kappa shape index (κ3) is 4.66. The van der Waals surface area contributed by atoms with Crippen molar-refractivity contribution in [1.82, 2.24) is 35.0 Å². The van der Waals surface area contributed by atoms with E-state index in [2.05, 4.69) is 30.3 Å². The van der Waals surface area contributed by atoms with Crippen molar-refractivity contribution in [1.29, 1.82) is 5.26 Å². The van der Waals surface area contributed by atoms with Crippen molar-refractivity contribution in [2.24, 2.45) is 0 Å². The number of nitrogens with zero attached hydrogens (tertiary/aromatic N) is 8. The molecular formula is C24H27FN8O2. The molecule has 4 heterocycles. The lowest BCUT2D eigenvalue weighted by Gasteiger charge is -2.46. The highest BCUT2D eigenvalue weighted by molar-refractivity contribution is 5.44. The van der Waals surface area contributed by atoms with E-state index in [-0.39, 0.29) is 17.7 Å². The summed E-state index contributed by atoms with van der Waals surface area (Å²) >= 11 is 0. The number of aromatic nitrogens is 5. The highest BCUT2D eigenvalue weighted by Gasteiger charge is 2.35. The highest BCUT2D eigenvalue weighted by atomic mass is 19.1. The van der Waals surface area contributed by atoms with E-state index < -0.39 is 11.9 Å². The second-order valence-corrected chi connectivity index (χ2v) is 9.09.